The molecule has 184 valence electrons. The molecule has 2 N–H and O–H groups in total. The lowest BCUT2D eigenvalue weighted by Gasteiger charge is -2.27. The van der Waals surface area contributed by atoms with E-state index in [0.29, 0.717) is 47.5 Å². The van der Waals surface area contributed by atoms with Gasteiger partial charge < -0.3 is 23.9 Å². The second-order valence-electron chi connectivity index (χ2n) is 8.43. The number of aromatic nitrogens is 2. The predicted octanol–water partition coefficient (Wildman–Crippen LogP) is 3.73. The lowest BCUT2D eigenvalue weighted by molar-refractivity contribution is -0.695. The van der Waals surface area contributed by atoms with Gasteiger partial charge in [-0.2, -0.15) is 0 Å². The maximum atomic E-state index is 13.8. The van der Waals surface area contributed by atoms with Gasteiger partial charge in [-0.3, -0.25) is 14.6 Å². The monoisotopic (exact) mass is 488 g/mol. The summed E-state index contributed by atoms with van der Waals surface area (Å²) in [6.07, 6.45) is 6.13. The number of aryl methyl sites for hydroxylation is 1. The Bertz CT molecular complexity index is 1450. The standard InChI is InChI=1S/C27H25N3O6/c1-34-19-9-4-3-8-18(19)23-22(24(31)21-15-17-7-5-10-20(35-2)26(17)36-21)25(32)27(33)30(23)13-6-12-29-14-11-28-16-29/h3-5,7-11,14-16,23H,6,12-13H2,1-2H3,(H,31,32)/p+1. The lowest BCUT2D eigenvalue weighted by Crippen LogP contribution is -2.36. The van der Waals surface area contributed by atoms with Crippen molar-refractivity contribution in [2.24, 2.45) is 0 Å². The number of aromatic amines is 1. The van der Waals surface area contributed by atoms with Crippen molar-refractivity contribution in [3.05, 3.63) is 89.9 Å². The normalized spacial score (nSPS) is 15.7. The fourth-order valence-electron chi connectivity index (χ4n) is 4.66. The van der Waals surface area contributed by atoms with Crippen molar-refractivity contribution >= 4 is 22.7 Å². The molecule has 9 heteroatoms. The summed E-state index contributed by atoms with van der Waals surface area (Å²) >= 11 is 0. The molecule has 0 bridgehead atoms. The molecule has 0 aliphatic carbocycles. The second kappa shape index (κ2) is 9.61. The van der Waals surface area contributed by atoms with Crippen LogP contribution in [0, 0.1) is 0 Å². The van der Waals surface area contributed by atoms with Gasteiger partial charge in [0.15, 0.2) is 22.9 Å². The molecule has 3 heterocycles. The number of hydrogen-bond acceptors (Lipinski definition) is 6. The third-order valence-electron chi connectivity index (χ3n) is 6.35. The zero-order valence-corrected chi connectivity index (χ0v) is 19.9. The number of furan rings is 1. The van der Waals surface area contributed by atoms with E-state index in [1.165, 1.54) is 19.1 Å². The van der Waals surface area contributed by atoms with Gasteiger partial charge in [-0.25, -0.2) is 4.57 Å². The SMILES string of the molecule is COc1ccccc1C1C(C(=O)c2cc3cccc(OC)c3o2)=C(O)C(=O)N1CCC[n+]1cc[nH]c1. The van der Waals surface area contributed by atoms with Crippen molar-refractivity contribution in [2.75, 3.05) is 20.8 Å². The summed E-state index contributed by atoms with van der Waals surface area (Å²) in [6, 6.07) is 13.2. The minimum Gasteiger partial charge on any atom is -0.503 e. The molecular formula is C27H26N3O6+. The Labute approximate surface area is 207 Å². The quantitative estimate of drug-likeness (QED) is 0.275. The highest BCUT2D eigenvalue weighted by Gasteiger charge is 2.45. The molecule has 0 fully saturated rings. The van der Waals surface area contributed by atoms with Crippen LogP contribution < -0.4 is 14.0 Å². The molecule has 1 unspecified atom stereocenters. The number of H-pyrrole nitrogens is 1. The van der Waals surface area contributed by atoms with Gasteiger partial charge in [0, 0.05) is 23.9 Å². The van der Waals surface area contributed by atoms with Crippen LogP contribution in [0.4, 0.5) is 0 Å². The number of hydrogen-bond donors (Lipinski definition) is 2. The third-order valence-corrected chi connectivity index (χ3v) is 6.35. The van der Waals surface area contributed by atoms with Crippen LogP contribution >= 0.6 is 0 Å². The van der Waals surface area contributed by atoms with E-state index in [9.17, 15) is 14.7 Å². The van der Waals surface area contributed by atoms with Crippen molar-refractivity contribution < 1.29 is 33.2 Å². The van der Waals surface area contributed by atoms with Gasteiger partial charge in [0.05, 0.1) is 32.4 Å². The van der Waals surface area contributed by atoms with E-state index in [0.717, 1.165) is 0 Å². The summed E-state index contributed by atoms with van der Waals surface area (Å²) < 4.78 is 18.7. The number of ketones is 1. The maximum Gasteiger partial charge on any atom is 0.290 e. The molecule has 1 atom stereocenters. The van der Waals surface area contributed by atoms with Gasteiger partial charge in [-0.05, 0) is 18.2 Å². The van der Waals surface area contributed by atoms with Crippen LogP contribution in [0.25, 0.3) is 11.0 Å². The summed E-state index contributed by atoms with van der Waals surface area (Å²) in [5.74, 6) is -0.769. The molecule has 36 heavy (non-hydrogen) atoms. The predicted molar refractivity (Wildman–Crippen MR) is 130 cm³/mol. The number of fused-ring (bicyclic) bond motifs is 1. The minimum atomic E-state index is -0.840. The van der Waals surface area contributed by atoms with Crippen molar-refractivity contribution in [1.29, 1.82) is 0 Å². The Morgan fingerprint density at radius 1 is 1.14 bits per heavy atom. The first-order chi connectivity index (χ1) is 17.5. The first-order valence-electron chi connectivity index (χ1n) is 11.5. The first-order valence-corrected chi connectivity index (χ1v) is 11.5. The van der Waals surface area contributed by atoms with Crippen LogP contribution in [-0.2, 0) is 11.3 Å². The highest BCUT2D eigenvalue weighted by Crippen LogP contribution is 2.43. The number of para-hydroxylation sites is 2. The molecule has 4 aromatic rings. The smallest absolute Gasteiger partial charge is 0.290 e. The summed E-state index contributed by atoms with van der Waals surface area (Å²) in [7, 11) is 3.04. The first kappa shape index (κ1) is 23.2. The van der Waals surface area contributed by atoms with E-state index in [1.54, 1.807) is 42.5 Å². The molecule has 5 rings (SSSR count). The fourth-order valence-corrected chi connectivity index (χ4v) is 4.66. The topological polar surface area (TPSA) is 109 Å². The Kier molecular flexibility index (Phi) is 6.20. The highest BCUT2D eigenvalue weighted by atomic mass is 16.5. The number of aliphatic hydroxyl groups is 1. The average Bonchev–Trinajstić information content (AvgIpc) is 3.63. The second-order valence-corrected chi connectivity index (χ2v) is 8.43. The van der Waals surface area contributed by atoms with E-state index in [1.807, 2.05) is 29.4 Å². The molecule has 9 nitrogen and oxygen atoms in total. The highest BCUT2D eigenvalue weighted by molar-refractivity contribution is 6.16. The van der Waals surface area contributed by atoms with Gasteiger partial charge in [0.1, 0.15) is 18.1 Å². The number of nitrogens with one attached hydrogen (secondary N) is 1. The molecule has 0 saturated carbocycles. The Hall–Kier alpha value is -4.53. The number of imidazole rings is 1. The summed E-state index contributed by atoms with van der Waals surface area (Å²) in [6.45, 7) is 0.966. The van der Waals surface area contributed by atoms with Gasteiger partial charge >= 0.3 is 0 Å². The molecule has 0 radical (unpaired) electrons. The van der Waals surface area contributed by atoms with Crippen molar-refractivity contribution in [3.63, 3.8) is 0 Å². The van der Waals surface area contributed by atoms with Crippen LogP contribution in [0.2, 0.25) is 0 Å². The number of amides is 1. The van der Waals surface area contributed by atoms with E-state index in [2.05, 4.69) is 4.98 Å². The molecule has 2 aromatic heterocycles. The zero-order valence-electron chi connectivity index (χ0n) is 19.9. The third kappa shape index (κ3) is 3.98. The maximum absolute atomic E-state index is 13.8. The lowest BCUT2D eigenvalue weighted by atomic mass is 9.94. The van der Waals surface area contributed by atoms with Crippen LogP contribution in [-0.4, -0.2) is 47.4 Å². The zero-order chi connectivity index (χ0) is 25.2. The fraction of sp³-hybridized carbons (Fsp3) is 0.222. The summed E-state index contributed by atoms with van der Waals surface area (Å²) in [5, 5.41) is 11.6. The molecule has 1 aliphatic rings. The molecule has 1 aliphatic heterocycles. The largest absolute Gasteiger partial charge is 0.503 e. The Balaban J connectivity index is 1.54. The van der Waals surface area contributed by atoms with Crippen LogP contribution in [0.1, 0.15) is 28.6 Å². The molecule has 0 spiro atoms. The number of nitrogens with zero attached hydrogens (tertiary/aromatic N) is 2. The summed E-state index contributed by atoms with van der Waals surface area (Å²) in [5.41, 5.74) is 0.975. The van der Waals surface area contributed by atoms with Gasteiger partial charge in [0.2, 0.25) is 12.1 Å². The number of ether oxygens (including phenoxy) is 2. The van der Waals surface area contributed by atoms with Crippen molar-refractivity contribution in [2.45, 2.75) is 19.0 Å². The number of carbonyl (C=O) groups excluding carboxylic acids is 2. The van der Waals surface area contributed by atoms with Gasteiger partial charge in [-0.1, -0.05) is 30.3 Å². The average molecular weight is 489 g/mol. The van der Waals surface area contributed by atoms with Crippen molar-refractivity contribution in [1.82, 2.24) is 9.88 Å². The van der Waals surface area contributed by atoms with E-state index in [4.69, 9.17) is 13.9 Å². The van der Waals surface area contributed by atoms with Crippen molar-refractivity contribution in [3.8, 4) is 11.5 Å². The Morgan fingerprint density at radius 2 is 1.92 bits per heavy atom. The summed E-state index contributed by atoms with van der Waals surface area (Å²) in [4.78, 5) is 31.5. The number of methoxy groups -OCH3 is 2. The number of carbonyl (C=O) groups is 2. The molecular weight excluding hydrogens is 462 g/mol. The Morgan fingerprint density at radius 3 is 2.67 bits per heavy atom. The van der Waals surface area contributed by atoms with E-state index >= 15 is 0 Å². The van der Waals surface area contributed by atoms with Crippen LogP contribution in [0.5, 0.6) is 11.5 Å². The van der Waals surface area contributed by atoms with Gasteiger partial charge in [0.25, 0.3) is 5.91 Å². The van der Waals surface area contributed by atoms with E-state index < -0.39 is 23.5 Å². The van der Waals surface area contributed by atoms with Gasteiger partial charge in [-0.15, -0.1) is 0 Å². The number of rotatable bonds is 9. The molecule has 2 aromatic carbocycles. The van der Waals surface area contributed by atoms with Crippen LogP contribution in [0.15, 0.2) is 83.0 Å². The molecule has 0 saturated heterocycles. The van der Waals surface area contributed by atoms with E-state index in [-0.39, 0.29) is 11.3 Å². The number of benzene rings is 2. The number of aliphatic hydroxyl groups excluding tert-OH is 1. The minimum absolute atomic E-state index is 0.00785. The number of Topliss-reactive ketones (excluding diaryl/α,β-unsaturated/α-hetero) is 1. The van der Waals surface area contributed by atoms with Crippen LogP contribution in [0.3, 0.4) is 0 Å². The molecule has 1 amide bonds.